The number of halogens is 4. The molecule has 3 nitrogen and oxygen atoms in total. The summed E-state index contributed by atoms with van der Waals surface area (Å²) in [6, 6.07) is 11.3. The normalized spacial score (nSPS) is 18.7. The smallest absolute Gasteiger partial charge is 0.184 e. The molecular formula is C26H26ClF3O3. The summed E-state index contributed by atoms with van der Waals surface area (Å²) < 4.78 is 59.8. The Labute approximate surface area is 196 Å². The van der Waals surface area contributed by atoms with Crippen molar-refractivity contribution in [3.05, 3.63) is 81.6 Å². The summed E-state index contributed by atoms with van der Waals surface area (Å²) >= 11 is 5.52. The van der Waals surface area contributed by atoms with Crippen LogP contribution < -0.4 is 0 Å². The van der Waals surface area contributed by atoms with Crippen LogP contribution in [0.4, 0.5) is 13.2 Å². The lowest BCUT2D eigenvalue weighted by Gasteiger charge is -2.29. The number of aryl methyl sites for hydroxylation is 2. The van der Waals surface area contributed by atoms with Crippen LogP contribution >= 0.6 is 11.6 Å². The highest BCUT2D eigenvalue weighted by molar-refractivity contribution is 6.30. The Bertz CT molecular complexity index is 1090. The van der Waals surface area contributed by atoms with Crippen molar-refractivity contribution in [2.24, 2.45) is 0 Å². The third-order valence-corrected chi connectivity index (χ3v) is 6.14. The van der Waals surface area contributed by atoms with Crippen LogP contribution in [-0.4, -0.2) is 25.9 Å². The maximum atomic E-state index is 15.1. The zero-order valence-corrected chi connectivity index (χ0v) is 19.1. The fraction of sp³-hybridized carbons (Fsp3) is 0.385. The Morgan fingerprint density at radius 3 is 2.39 bits per heavy atom. The van der Waals surface area contributed by atoms with Crippen molar-refractivity contribution in [1.29, 1.82) is 0 Å². The van der Waals surface area contributed by atoms with E-state index in [0.717, 1.165) is 23.8 Å². The van der Waals surface area contributed by atoms with Crippen molar-refractivity contribution in [2.45, 2.75) is 45.0 Å². The van der Waals surface area contributed by atoms with Gasteiger partial charge in [0.15, 0.2) is 6.29 Å². The molecule has 1 aliphatic heterocycles. The van der Waals surface area contributed by atoms with Gasteiger partial charge in [-0.15, -0.1) is 0 Å². The van der Waals surface area contributed by atoms with E-state index in [0.29, 0.717) is 42.8 Å². The molecular weight excluding hydrogens is 453 g/mol. The average molecular weight is 479 g/mol. The first-order chi connectivity index (χ1) is 16.0. The van der Waals surface area contributed by atoms with Crippen molar-refractivity contribution in [3.63, 3.8) is 0 Å². The van der Waals surface area contributed by atoms with Gasteiger partial charge in [0.05, 0.1) is 13.2 Å². The van der Waals surface area contributed by atoms with E-state index < -0.39 is 22.9 Å². The lowest BCUT2D eigenvalue weighted by atomic mass is 9.99. The SMILES string of the molecule is CCCCOC1COC(c2ccc3c(F)c(CCc4cc(F)c(Cl)c(F)c4)ccc3c2)OC1. The summed E-state index contributed by atoms with van der Waals surface area (Å²) in [6.07, 6.45) is 2.08. The van der Waals surface area contributed by atoms with Crippen molar-refractivity contribution < 1.29 is 27.4 Å². The summed E-state index contributed by atoms with van der Waals surface area (Å²) in [6.45, 7) is 3.70. The molecule has 1 saturated heterocycles. The van der Waals surface area contributed by atoms with E-state index >= 15 is 4.39 Å². The molecule has 0 N–H and O–H groups in total. The lowest BCUT2D eigenvalue weighted by Crippen LogP contribution is -2.33. The largest absolute Gasteiger partial charge is 0.373 e. The molecule has 176 valence electrons. The van der Waals surface area contributed by atoms with Gasteiger partial charge in [-0.1, -0.05) is 49.2 Å². The van der Waals surface area contributed by atoms with E-state index in [1.165, 1.54) is 12.1 Å². The molecule has 0 unspecified atom stereocenters. The van der Waals surface area contributed by atoms with Gasteiger partial charge in [0.2, 0.25) is 0 Å². The average Bonchev–Trinajstić information content (AvgIpc) is 2.82. The molecule has 1 fully saturated rings. The Hall–Kier alpha value is -2.12. The van der Waals surface area contributed by atoms with Crippen molar-refractivity contribution >= 4 is 22.4 Å². The fourth-order valence-electron chi connectivity index (χ4n) is 3.90. The molecule has 0 saturated carbocycles. The number of hydrogen-bond acceptors (Lipinski definition) is 3. The Kier molecular flexibility index (Phi) is 7.91. The van der Waals surface area contributed by atoms with Crippen molar-refractivity contribution in [2.75, 3.05) is 19.8 Å². The van der Waals surface area contributed by atoms with Gasteiger partial charge in [-0.25, -0.2) is 13.2 Å². The number of rotatable bonds is 8. The van der Waals surface area contributed by atoms with Crippen LogP contribution in [0.5, 0.6) is 0 Å². The number of unbranched alkanes of at least 4 members (excludes halogenated alkanes) is 1. The van der Waals surface area contributed by atoms with Gasteiger partial charge < -0.3 is 14.2 Å². The standard InChI is InChI=1S/C26H26ClF3O3/c1-2-3-10-31-20-14-32-26(33-15-20)19-8-9-21-18(13-19)7-6-17(25(21)30)5-4-16-11-22(28)24(27)23(29)12-16/h6-9,11-13,20,26H,2-5,10,14-15H2,1H3. The Morgan fingerprint density at radius 2 is 1.70 bits per heavy atom. The highest BCUT2D eigenvalue weighted by Crippen LogP contribution is 2.30. The Morgan fingerprint density at radius 1 is 0.970 bits per heavy atom. The predicted octanol–water partition coefficient (Wildman–Crippen LogP) is 6.93. The number of ether oxygens (including phenoxy) is 3. The highest BCUT2D eigenvalue weighted by atomic mass is 35.5. The summed E-state index contributed by atoms with van der Waals surface area (Å²) in [5.74, 6) is -1.97. The third kappa shape index (κ3) is 5.69. The van der Waals surface area contributed by atoms with Gasteiger partial charge in [-0.2, -0.15) is 0 Å². The second-order valence-corrected chi connectivity index (χ2v) is 8.62. The number of hydrogen-bond donors (Lipinski definition) is 0. The van der Waals surface area contributed by atoms with Crippen LogP contribution in [0.25, 0.3) is 10.8 Å². The maximum Gasteiger partial charge on any atom is 0.184 e. The molecule has 0 aromatic heterocycles. The van der Waals surface area contributed by atoms with E-state index in [9.17, 15) is 8.78 Å². The van der Waals surface area contributed by atoms with Gasteiger partial charge in [0.25, 0.3) is 0 Å². The Balaban J connectivity index is 1.42. The van der Waals surface area contributed by atoms with Crippen LogP contribution in [0.2, 0.25) is 5.02 Å². The van der Waals surface area contributed by atoms with E-state index in [2.05, 4.69) is 6.92 Å². The zero-order valence-electron chi connectivity index (χ0n) is 18.4. The van der Waals surface area contributed by atoms with Crippen LogP contribution in [0, 0.1) is 17.5 Å². The van der Waals surface area contributed by atoms with Gasteiger partial charge >= 0.3 is 0 Å². The first-order valence-corrected chi connectivity index (χ1v) is 11.5. The second-order valence-electron chi connectivity index (χ2n) is 8.24. The van der Waals surface area contributed by atoms with Crippen LogP contribution in [0.1, 0.15) is 42.7 Å². The van der Waals surface area contributed by atoms with E-state index in [4.69, 9.17) is 25.8 Å². The molecule has 4 rings (SSSR count). The zero-order chi connectivity index (χ0) is 23.4. The quantitative estimate of drug-likeness (QED) is 0.259. The molecule has 0 radical (unpaired) electrons. The molecule has 0 aliphatic carbocycles. The first kappa shape index (κ1) is 24.0. The topological polar surface area (TPSA) is 27.7 Å². The molecule has 3 aromatic carbocycles. The third-order valence-electron chi connectivity index (χ3n) is 5.78. The summed E-state index contributed by atoms with van der Waals surface area (Å²) in [5.41, 5.74) is 1.71. The number of benzene rings is 3. The predicted molar refractivity (Wildman–Crippen MR) is 122 cm³/mol. The second kappa shape index (κ2) is 10.9. The van der Waals surface area contributed by atoms with Gasteiger partial charge in [0, 0.05) is 17.6 Å². The van der Waals surface area contributed by atoms with Crippen molar-refractivity contribution in [1.82, 2.24) is 0 Å². The lowest BCUT2D eigenvalue weighted by molar-refractivity contribution is -0.230. The molecule has 1 aliphatic rings. The summed E-state index contributed by atoms with van der Waals surface area (Å²) in [4.78, 5) is 0. The fourth-order valence-corrected chi connectivity index (χ4v) is 4.00. The van der Waals surface area contributed by atoms with Crippen molar-refractivity contribution in [3.8, 4) is 0 Å². The minimum atomic E-state index is -0.816. The summed E-state index contributed by atoms with van der Waals surface area (Å²) in [5, 5.41) is 0.670. The summed E-state index contributed by atoms with van der Waals surface area (Å²) in [7, 11) is 0. The molecule has 1 heterocycles. The molecule has 33 heavy (non-hydrogen) atoms. The minimum absolute atomic E-state index is 0.0733. The van der Waals surface area contributed by atoms with Gasteiger partial charge in [0.1, 0.15) is 28.6 Å². The molecule has 0 atom stereocenters. The van der Waals surface area contributed by atoms with Crippen LogP contribution in [0.3, 0.4) is 0 Å². The van der Waals surface area contributed by atoms with Crippen LogP contribution in [-0.2, 0) is 27.1 Å². The van der Waals surface area contributed by atoms with E-state index in [1.54, 1.807) is 18.2 Å². The molecule has 0 amide bonds. The first-order valence-electron chi connectivity index (χ1n) is 11.2. The molecule has 7 heteroatoms. The van der Waals surface area contributed by atoms with E-state index in [1.807, 2.05) is 12.1 Å². The minimum Gasteiger partial charge on any atom is -0.373 e. The van der Waals surface area contributed by atoms with Gasteiger partial charge in [-0.05, 0) is 54.0 Å². The number of fused-ring (bicyclic) bond motifs is 1. The van der Waals surface area contributed by atoms with Gasteiger partial charge in [-0.3, -0.25) is 0 Å². The monoisotopic (exact) mass is 478 g/mol. The highest BCUT2D eigenvalue weighted by Gasteiger charge is 2.24. The van der Waals surface area contributed by atoms with E-state index in [-0.39, 0.29) is 18.3 Å². The molecule has 0 spiro atoms. The maximum absolute atomic E-state index is 15.1. The van der Waals surface area contributed by atoms with Crippen LogP contribution in [0.15, 0.2) is 42.5 Å². The molecule has 0 bridgehead atoms. The molecule has 3 aromatic rings.